The number of carbonyl (C=O) groups is 1. The number of pyridine rings is 2. The van der Waals surface area contributed by atoms with E-state index in [0.717, 1.165) is 35.3 Å². The van der Waals surface area contributed by atoms with Gasteiger partial charge in [-0.25, -0.2) is 13.9 Å². The average molecular weight is 485 g/mol. The fraction of sp³-hybridized carbons (Fsp3) is 0.259. The van der Waals surface area contributed by atoms with Crippen LogP contribution in [-0.2, 0) is 5.41 Å². The molecule has 0 radical (unpaired) electrons. The normalized spacial score (nSPS) is 15.1. The molecule has 4 heterocycles. The number of nitrogens with two attached hydrogens (primary N) is 1. The van der Waals surface area contributed by atoms with Gasteiger partial charge < -0.3 is 15.7 Å². The maximum atomic E-state index is 14.3. The maximum absolute atomic E-state index is 14.3. The molecule has 8 nitrogen and oxygen atoms in total. The van der Waals surface area contributed by atoms with Crippen molar-refractivity contribution in [2.75, 3.05) is 18.0 Å². The predicted octanol–water partition coefficient (Wildman–Crippen LogP) is 4.08. The Balaban J connectivity index is 1.39. The Kier molecular flexibility index (Phi) is 5.59. The van der Waals surface area contributed by atoms with Gasteiger partial charge in [-0.2, -0.15) is 10.4 Å². The van der Waals surface area contributed by atoms with Crippen LogP contribution in [0.15, 0.2) is 48.9 Å². The van der Waals surface area contributed by atoms with E-state index in [-0.39, 0.29) is 16.7 Å². The largest absolute Gasteiger partial charge is 0.506 e. The maximum Gasteiger partial charge on any atom is 0.249 e. The monoisotopic (exact) mass is 484 g/mol. The highest BCUT2D eigenvalue weighted by Crippen LogP contribution is 2.39. The fourth-order valence-corrected chi connectivity index (χ4v) is 5.20. The molecule has 0 aliphatic carbocycles. The van der Waals surface area contributed by atoms with E-state index in [9.17, 15) is 19.6 Å². The summed E-state index contributed by atoms with van der Waals surface area (Å²) in [7, 11) is 0. The molecule has 1 amide bonds. The molecule has 1 aromatic carbocycles. The lowest BCUT2D eigenvalue weighted by Crippen LogP contribution is -2.42. The third-order valence-corrected chi connectivity index (χ3v) is 7.26. The Bertz CT molecular complexity index is 1530. The molecule has 1 saturated heterocycles. The van der Waals surface area contributed by atoms with E-state index in [1.54, 1.807) is 12.3 Å². The molecule has 1 aliphatic heterocycles. The fourth-order valence-electron chi connectivity index (χ4n) is 5.20. The second kappa shape index (κ2) is 8.64. The van der Waals surface area contributed by atoms with Crippen molar-refractivity contribution in [1.82, 2.24) is 14.6 Å². The number of hydrogen-bond donors (Lipinski definition) is 2. The topological polar surface area (TPSA) is 121 Å². The summed E-state index contributed by atoms with van der Waals surface area (Å²) in [5, 5.41) is 23.7. The first kappa shape index (κ1) is 23.3. The van der Waals surface area contributed by atoms with Gasteiger partial charge in [0, 0.05) is 36.0 Å². The van der Waals surface area contributed by atoms with Gasteiger partial charge in [0.25, 0.3) is 0 Å². The van der Waals surface area contributed by atoms with E-state index < -0.39 is 11.7 Å². The van der Waals surface area contributed by atoms with E-state index in [1.807, 2.05) is 19.1 Å². The number of piperidine rings is 1. The van der Waals surface area contributed by atoms with Crippen molar-refractivity contribution in [3.8, 4) is 22.9 Å². The molecule has 0 bridgehead atoms. The van der Waals surface area contributed by atoms with Crippen molar-refractivity contribution in [3.63, 3.8) is 0 Å². The molecular formula is C27H25FN6O2. The van der Waals surface area contributed by atoms with Crippen LogP contribution in [0.3, 0.4) is 0 Å². The van der Waals surface area contributed by atoms with Gasteiger partial charge in [-0.05, 0) is 66.6 Å². The highest BCUT2D eigenvalue weighted by molar-refractivity contribution is 5.94. The Morgan fingerprint density at radius 2 is 1.97 bits per heavy atom. The Morgan fingerprint density at radius 3 is 2.61 bits per heavy atom. The molecule has 3 aromatic heterocycles. The van der Waals surface area contributed by atoms with Crippen LogP contribution in [0.5, 0.6) is 5.75 Å². The van der Waals surface area contributed by atoms with Crippen molar-refractivity contribution in [1.29, 1.82) is 5.26 Å². The molecule has 0 unspecified atom stereocenters. The van der Waals surface area contributed by atoms with Crippen molar-refractivity contribution in [2.24, 2.45) is 5.73 Å². The standard InChI is InChI=1S/C27H25FN6O2/c1-16-21(26(30)36)9-19(28)10-23(16)27(2)5-7-33(8-6-27)24-4-3-17(13-31-24)22-11-20(35)15-34-25(22)18(12-29)14-32-34/h3-4,9-11,13-15,35H,5-8H2,1-2H3,(H2,30,36). The minimum absolute atomic E-state index is 0.0385. The van der Waals surface area contributed by atoms with Crippen LogP contribution in [0, 0.1) is 24.1 Å². The van der Waals surface area contributed by atoms with Gasteiger partial charge in [0.15, 0.2) is 0 Å². The van der Waals surface area contributed by atoms with Crippen LogP contribution in [0.4, 0.5) is 10.2 Å². The number of primary amides is 1. The number of hydrogen-bond acceptors (Lipinski definition) is 6. The lowest BCUT2D eigenvalue weighted by Gasteiger charge is -2.41. The third kappa shape index (κ3) is 3.90. The Morgan fingerprint density at radius 1 is 1.22 bits per heavy atom. The van der Waals surface area contributed by atoms with Gasteiger partial charge >= 0.3 is 0 Å². The third-order valence-electron chi connectivity index (χ3n) is 7.26. The predicted molar refractivity (Wildman–Crippen MR) is 133 cm³/mol. The Hall–Kier alpha value is -4.45. The first-order valence-corrected chi connectivity index (χ1v) is 11.6. The van der Waals surface area contributed by atoms with Crippen LogP contribution < -0.4 is 10.6 Å². The van der Waals surface area contributed by atoms with Gasteiger partial charge in [0.1, 0.15) is 23.5 Å². The number of amides is 1. The lowest BCUT2D eigenvalue weighted by atomic mass is 9.72. The zero-order valence-electron chi connectivity index (χ0n) is 20.0. The van der Waals surface area contributed by atoms with Crippen LogP contribution in [-0.4, -0.2) is 38.7 Å². The van der Waals surface area contributed by atoms with Gasteiger partial charge in [0.2, 0.25) is 5.91 Å². The van der Waals surface area contributed by atoms with Gasteiger partial charge in [0.05, 0.1) is 23.5 Å². The number of carbonyl (C=O) groups excluding carboxylic acids is 1. The molecule has 9 heteroatoms. The number of rotatable bonds is 4. The van der Waals surface area contributed by atoms with Gasteiger partial charge in [-0.15, -0.1) is 0 Å². The molecule has 0 atom stereocenters. The van der Waals surface area contributed by atoms with Gasteiger partial charge in [-0.3, -0.25) is 4.79 Å². The number of nitriles is 1. The summed E-state index contributed by atoms with van der Waals surface area (Å²) in [5.74, 6) is -0.235. The molecule has 0 spiro atoms. The second-order valence-corrected chi connectivity index (χ2v) is 9.52. The van der Waals surface area contributed by atoms with E-state index in [4.69, 9.17) is 5.73 Å². The average Bonchev–Trinajstić information content (AvgIpc) is 3.28. The lowest BCUT2D eigenvalue weighted by molar-refractivity contribution is 0.0999. The molecule has 36 heavy (non-hydrogen) atoms. The summed E-state index contributed by atoms with van der Waals surface area (Å²) < 4.78 is 15.8. The molecular weight excluding hydrogens is 459 g/mol. The smallest absolute Gasteiger partial charge is 0.249 e. The zero-order valence-corrected chi connectivity index (χ0v) is 20.0. The highest BCUT2D eigenvalue weighted by Gasteiger charge is 2.34. The van der Waals surface area contributed by atoms with Crippen LogP contribution in [0.2, 0.25) is 0 Å². The van der Waals surface area contributed by atoms with Crippen LogP contribution >= 0.6 is 0 Å². The molecule has 0 saturated carbocycles. The van der Waals surface area contributed by atoms with Crippen molar-refractivity contribution in [3.05, 3.63) is 77.0 Å². The molecule has 4 aromatic rings. The molecule has 182 valence electrons. The van der Waals surface area contributed by atoms with Gasteiger partial charge in [-0.1, -0.05) is 6.92 Å². The van der Waals surface area contributed by atoms with E-state index in [1.165, 1.54) is 29.0 Å². The molecule has 1 aliphatic rings. The van der Waals surface area contributed by atoms with Crippen LogP contribution in [0.1, 0.15) is 46.8 Å². The first-order valence-electron chi connectivity index (χ1n) is 11.6. The number of aromatic nitrogens is 3. The van der Waals surface area contributed by atoms with Crippen molar-refractivity contribution < 1.29 is 14.3 Å². The number of fused-ring (bicyclic) bond motifs is 1. The summed E-state index contributed by atoms with van der Waals surface area (Å²) in [5.41, 5.74) is 9.40. The summed E-state index contributed by atoms with van der Waals surface area (Å²) in [6.07, 6.45) is 6.17. The number of benzene rings is 1. The second-order valence-electron chi connectivity index (χ2n) is 9.52. The minimum atomic E-state index is -0.625. The number of nitrogens with zero attached hydrogens (tertiary/aromatic N) is 5. The first-order chi connectivity index (χ1) is 17.2. The van der Waals surface area contributed by atoms with Crippen LogP contribution in [0.25, 0.3) is 16.6 Å². The summed E-state index contributed by atoms with van der Waals surface area (Å²) in [6, 6.07) is 10.3. The van der Waals surface area contributed by atoms with Crippen molar-refractivity contribution >= 4 is 17.2 Å². The quantitative estimate of drug-likeness (QED) is 0.450. The Labute approximate surface area is 207 Å². The van der Waals surface area contributed by atoms with E-state index in [0.29, 0.717) is 29.7 Å². The SMILES string of the molecule is Cc1c(C(N)=O)cc(F)cc1C1(C)CCN(c2ccc(-c3cc(O)cn4ncc(C#N)c34)cn2)CC1. The summed E-state index contributed by atoms with van der Waals surface area (Å²) >= 11 is 0. The number of anilines is 1. The molecule has 1 fully saturated rings. The molecule has 5 rings (SSSR count). The molecule has 3 N–H and O–H groups in total. The van der Waals surface area contributed by atoms with E-state index >= 15 is 0 Å². The number of aromatic hydroxyl groups is 1. The highest BCUT2D eigenvalue weighted by atomic mass is 19.1. The van der Waals surface area contributed by atoms with E-state index in [2.05, 4.69) is 28.0 Å². The number of halogens is 1. The zero-order chi connectivity index (χ0) is 25.6. The summed E-state index contributed by atoms with van der Waals surface area (Å²) in [6.45, 7) is 5.34. The summed E-state index contributed by atoms with van der Waals surface area (Å²) in [4.78, 5) is 18.6. The minimum Gasteiger partial charge on any atom is -0.506 e. The van der Waals surface area contributed by atoms with Crippen molar-refractivity contribution in [2.45, 2.75) is 32.1 Å².